The molecule has 3 rings (SSSR count). The molecule has 3 aromatic rings. The number of rotatable bonds is 6. The van der Waals surface area contributed by atoms with Crippen molar-refractivity contribution in [2.24, 2.45) is 0 Å². The number of ether oxygens (including phenoxy) is 1. The Hall–Kier alpha value is -3.85. The topological polar surface area (TPSA) is 80.3 Å². The first-order chi connectivity index (χ1) is 15.7. The third-order valence-electron chi connectivity index (χ3n) is 4.25. The molecule has 0 unspecified atom stereocenters. The van der Waals surface area contributed by atoms with E-state index in [1.54, 1.807) is 30.3 Å². The van der Waals surface area contributed by atoms with Gasteiger partial charge in [0.1, 0.15) is 17.2 Å². The minimum absolute atomic E-state index is 0.0388. The molecule has 0 saturated heterocycles. The molecular weight excluding hydrogens is 459 g/mol. The number of hydrogen-bond donors (Lipinski definition) is 2. The van der Waals surface area contributed by atoms with Gasteiger partial charge >= 0.3 is 6.18 Å². The van der Waals surface area contributed by atoms with Crippen LogP contribution in [-0.4, -0.2) is 23.8 Å². The molecule has 0 atom stereocenters. The van der Waals surface area contributed by atoms with Gasteiger partial charge < -0.3 is 15.4 Å². The van der Waals surface area contributed by atoms with Gasteiger partial charge in [-0.15, -0.1) is 0 Å². The highest BCUT2D eigenvalue weighted by molar-refractivity contribution is 6.31. The van der Waals surface area contributed by atoms with Crippen molar-refractivity contribution in [3.05, 3.63) is 88.7 Å². The second kappa shape index (κ2) is 10.2. The Morgan fingerprint density at radius 3 is 2.55 bits per heavy atom. The zero-order valence-electron chi connectivity index (χ0n) is 17.1. The van der Waals surface area contributed by atoms with Crippen molar-refractivity contribution in [2.75, 3.05) is 12.4 Å². The predicted molar refractivity (Wildman–Crippen MR) is 118 cm³/mol. The number of nitrogens with zero attached hydrogens (tertiary/aromatic N) is 1. The average molecular weight is 476 g/mol. The molecule has 0 bridgehead atoms. The van der Waals surface area contributed by atoms with Crippen LogP contribution in [0.1, 0.15) is 21.6 Å². The molecule has 0 aliphatic carbocycles. The number of halogens is 4. The summed E-state index contributed by atoms with van der Waals surface area (Å²) >= 11 is 5.58. The van der Waals surface area contributed by atoms with Gasteiger partial charge in [0.15, 0.2) is 0 Å². The lowest BCUT2D eigenvalue weighted by molar-refractivity contribution is -0.137. The van der Waals surface area contributed by atoms with Crippen LogP contribution >= 0.6 is 11.6 Å². The first-order valence-corrected chi connectivity index (χ1v) is 9.85. The molecule has 0 aliphatic rings. The Bertz CT molecular complexity index is 1210. The van der Waals surface area contributed by atoms with Crippen LogP contribution in [0.4, 0.5) is 18.9 Å². The van der Waals surface area contributed by atoms with Gasteiger partial charge in [-0.25, -0.2) is 0 Å². The van der Waals surface area contributed by atoms with Crippen molar-refractivity contribution in [3.8, 4) is 11.5 Å². The standard InChI is InChI=1S/C23H17ClF3N3O3/c1-28-22(32)20-13-17(9-10-29-20)33-16-4-2-3-14(11-16)5-8-21(31)30-15-6-7-19(24)18(12-15)23(25,26)27/h2-13H,1H3,(H,28,32)(H,30,31). The second-order valence-corrected chi connectivity index (χ2v) is 7.05. The normalized spacial score (nSPS) is 11.3. The number of anilines is 1. The Labute approximate surface area is 192 Å². The van der Waals surface area contributed by atoms with Crippen molar-refractivity contribution < 1.29 is 27.5 Å². The van der Waals surface area contributed by atoms with Crippen LogP contribution in [0.15, 0.2) is 66.9 Å². The quantitative estimate of drug-likeness (QED) is 0.457. The van der Waals surface area contributed by atoms with Gasteiger partial charge in [0.05, 0.1) is 10.6 Å². The fraction of sp³-hybridized carbons (Fsp3) is 0.0870. The van der Waals surface area contributed by atoms with Crippen LogP contribution in [0.3, 0.4) is 0 Å². The maximum atomic E-state index is 13.0. The Morgan fingerprint density at radius 1 is 1.06 bits per heavy atom. The van der Waals surface area contributed by atoms with E-state index < -0.39 is 22.7 Å². The summed E-state index contributed by atoms with van der Waals surface area (Å²) in [4.78, 5) is 27.8. The van der Waals surface area contributed by atoms with E-state index in [1.165, 1.54) is 37.5 Å². The van der Waals surface area contributed by atoms with Gasteiger partial charge in [0.25, 0.3) is 5.91 Å². The summed E-state index contributed by atoms with van der Waals surface area (Å²) in [5.74, 6) is -0.142. The number of carbonyl (C=O) groups excluding carboxylic acids is 2. The summed E-state index contributed by atoms with van der Waals surface area (Å²) in [6, 6.07) is 12.9. The highest BCUT2D eigenvalue weighted by Gasteiger charge is 2.33. The number of amides is 2. The first kappa shape index (κ1) is 23.8. The summed E-state index contributed by atoms with van der Waals surface area (Å²) in [5, 5.41) is 4.39. The molecule has 1 heterocycles. The molecule has 0 spiro atoms. The lowest BCUT2D eigenvalue weighted by Crippen LogP contribution is -2.18. The van der Waals surface area contributed by atoms with Crippen LogP contribution < -0.4 is 15.4 Å². The molecule has 170 valence electrons. The number of alkyl halides is 3. The number of carbonyl (C=O) groups is 2. The Kier molecular flexibility index (Phi) is 7.34. The fourth-order valence-electron chi connectivity index (χ4n) is 2.72. The van der Waals surface area contributed by atoms with Crippen LogP contribution in [0.5, 0.6) is 11.5 Å². The van der Waals surface area contributed by atoms with Crippen LogP contribution in [0.25, 0.3) is 6.08 Å². The average Bonchev–Trinajstić information content (AvgIpc) is 2.78. The van der Waals surface area contributed by atoms with E-state index >= 15 is 0 Å². The molecule has 2 amide bonds. The third-order valence-corrected chi connectivity index (χ3v) is 4.58. The van der Waals surface area contributed by atoms with Gasteiger partial charge in [0.2, 0.25) is 5.91 Å². The monoisotopic (exact) mass is 475 g/mol. The van der Waals surface area contributed by atoms with Gasteiger partial charge in [-0.05, 0) is 48.0 Å². The van der Waals surface area contributed by atoms with Crippen molar-refractivity contribution in [1.29, 1.82) is 0 Å². The van der Waals surface area contributed by atoms with Gasteiger partial charge in [-0.2, -0.15) is 13.2 Å². The predicted octanol–water partition coefficient (Wildman–Crippen LogP) is 5.56. The minimum Gasteiger partial charge on any atom is -0.457 e. The maximum absolute atomic E-state index is 13.0. The van der Waals surface area contributed by atoms with Crippen LogP contribution in [0.2, 0.25) is 5.02 Å². The molecule has 0 saturated carbocycles. The van der Waals surface area contributed by atoms with E-state index in [-0.39, 0.29) is 17.3 Å². The lowest BCUT2D eigenvalue weighted by atomic mass is 10.2. The van der Waals surface area contributed by atoms with E-state index in [9.17, 15) is 22.8 Å². The van der Waals surface area contributed by atoms with Crippen molar-refractivity contribution in [3.63, 3.8) is 0 Å². The largest absolute Gasteiger partial charge is 0.457 e. The summed E-state index contributed by atoms with van der Waals surface area (Å²) in [7, 11) is 1.49. The van der Waals surface area contributed by atoms with Gasteiger partial charge in [0, 0.05) is 31.1 Å². The number of nitrogens with one attached hydrogen (secondary N) is 2. The molecule has 6 nitrogen and oxygen atoms in total. The summed E-state index contributed by atoms with van der Waals surface area (Å²) in [6.45, 7) is 0. The van der Waals surface area contributed by atoms with Gasteiger partial charge in [-0.1, -0.05) is 23.7 Å². The van der Waals surface area contributed by atoms with Crippen molar-refractivity contribution in [2.45, 2.75) is 6.18 Å². The lowest BCUT2D eigenvalue weighted by Gasteiger charge is -2.11. The second-order valence-electron chi connectivity index (χ2n) is 6.65. The molecule has 0 aliphatic heterocycles. The molecule has 33 heavy (non-hydrogen) atoms. The summed E-state index contributed by atoms with van der Waals surface area (Å²) in [6.07, 6.45) is -0.540. The van der Waals surface area contributed by atoms with Crippen LogP contribution in [-0.2, 0) is 11.0 Å². The molecular formula is C23H17ClF3N3O3. The van der Waals surface area contributed by atoms with Gasteiger partial charge in [-0.3, -0.25) is 14.6 Å². The highest BCUT2D eigenvalue weighted by atomic mass is 35.5. The van der Waals surface area contributed by atoms with E-state index in [0.717, 1.165) is 12.1 Å². The summed E-state index contributed by atoms with van der Waals surface area (Å²) in [5.41, 5.74) is -0.275. The fourth-order valence-corrected chi connectivity index (χ4v) is 2.95. The van der Waals surface area contributed by atoms with Crippen LogP contribution in [0, 0.1) is 0 Å². The zero-order valence-corrected chi connectivity index (χ0v) is 17.9. The SMILES string of the molecule is CNC(=O)c1cc(Oc2cccc(C=CC(=O)Nc3ccc(Cl)c(C(F)(F)F)c3)c2)ccn1. The number of hydrogen-bond acceptors (Lipinski definition) is 4. The Morgan fingerprint density at radius 2 is 1.82 bits per heavy atom. The molecule has 10 heteroatoms. The zero-order chi connectivity index (χ0) is 24.0. The molecule has 0 radical (unpaired) electrons. The van der Waals surface area contributed by atoms with E-state index in [4.69, 9.17) is 16.3 Å². The van der Waals surface area contributed by atoms with Crippen molar-refractivity contribution in [1.82, 2.24) is 10.3 Å². The molecule has 0 fully saturated rings. The highest BCUT2D eigenvalue weighted by Crippen LogP contribution is 2.36. The Balaban J connectivity index is 1.68. The third kappa shape index (κ3) is 6.56. The van der Waals surface area contributed by atoms with Crippen molar-refractivity contribution >= 4 is 35.2 Å². The number of pyridine rings is 1. The first-order valence-electron chi connectivity index (χ1n) is 9.47. The number of aromatic nitrogens is 1. The van der Waals surface area contributed by atoms with E-state index in [0.29, 0.717) is 17.1 Å². The summed E-state index contributed by atoms with van der Waals surface area (Å²) < 4.78 is 44.6. The molecule has 2 N–H and O–H groups in total. The van der Waals surface area contributed by atoms with E-state index in [2.05, 4.69) is 15.6 Å². The number of benzene rings is 2. The van der Waals surface area contributed by atoms with E-state index in [1.807, 2.05) is 0 Å². The molecule has 1 aromatic heterocycles. The smallest absolute Gasteiger partial charge is 0.417 e. The minimum atomic E-state index is -4.63. The molecule has 2 aromatic carbocycles. The maximum Gasteiger partial charge on any atom is 0.417 e.